The molecule has 0 spiro atoms. The van der Waals surface area contributed by atoms with Crippen molar-refractivity contribution in [2.45, 2.75) is 17.7 Å². The maximum absolute atomic E-state index is 12.7. The van der Waals surface area contributed by atoms with Crippen LogP contribution in [0.3, 0.4) is 0 Å². The van der Waals surface area contributed by atoms with E-state index in [1.807, 2.05) is 0 Å². The molecule has 11 heteroatoms. The summed E-state index contributed by atoms with van der Waals surface area (Å²) in [6, 6.07) is 10.3. The molecule has 3 rings (SSSR count). The largest absolute Gasteiger partial charge is 0.478 e. The van der Waals surface area contributed by atoms with Gasteiger partial charge in [0.05, 0.1) is 22.1 Å². The first-order chi connectivity index (χ1) is 14.7. The van der Waals surface area contributed by atoms with Crippen LogP contribution < -0.4 is 5.32 Å². The van der Waals surface area contributed by atoms with Crippen LogP contribution in [0.15, 0.2) is 48.5 Å². The van der Waals surface area contributed by atoms with Crippen molar-refractivity contribution in [1.29, 1.82) is 0 Å². The highest BCUT2D eigenvalue weighted by Gasteiger charge is 2.36. The summed E-state index contributed by atoms with van der Waals surface area (Å²) < 4.78 is 5.27. The molecule has 1 amide bonds. The fraction of sp³-hybridized carbons (Fsp3) is 0.250. The highest BCUT2D eigenvalue weighted by molar-refractivity contribution is 7.81. The van der Waals surface area contributed by atoms with E-state index in [0.717, 1.165) is 0 Å². The van der Waals surface area contributed by atoms with Crippen molar-refractivity contribution < 1.29 is 29.2 Å². The van der Waals surface area contributed by atoms with E-state index in [4.69, 9.17) is 9.84 Å². The molecule has 2 aromatic carbocycles. The summed E-state index contributed by atoms with van der Waals surface area (Å²) in [6.07, 6.45) is 0.419. The predicted octanol–water partition coefficient (Wildman–Crippen LogP) is 2.42. The second-order valence-corrected chi connectivity index (χ2v) is 7.65. The molecule has 162 valence electrons. The Bertz CT molecular complexity index is 1010. The number of nitro benzene ring substituents is 1. The first kappa shape index (κ1) is 22.2. The van der Waals surface area contributed by atoms with Gasteiger partial charge in [0.1, 0.15) is 6.73 Å². The van der Waals surface area contributed by atoms with Gasteiger partial charge in [0.2, 0.25) is 5.91 Å². The fourth-order valence-electron chi connectivity index (χ4n) is 3.19. The topological polar surface area (TPSA) is 139 Å². The predicted molar refractivity (Wildman–Crippen MR) is 113 cm³/mol. The molecule has 10 nitrogen and oxygen atoms in total. The number of carboxylic acid groups (broad SMARTS) is 1. The van der Waals surface area contributed by atoms with E-state index in [-0.39, 0.29) is 34.7 Å². The summed E-state index contributed by atoms with van der Waals surface area (Å²) in [5, 5.41) is 22.4. The lowest BCUT2D eigenvalue weighted by Gasteiger charge is -2.23. The number of rotatable bonds is 7. The number of anilines is 1. The zero-order valence-corrected chi connectivity index (χ0v) is 17.0. The van der Waals surface area contributed by atoms with Crippen molar-refractivity contribution in [2.75, 3.05) is 18.6 Å². The van der Waals surface area contributed by atoms with Crippen LogP contribution in [0.5, 0.6) is 0 Å². The highest BCUT2D eigenvalue weighted by atomic mass is 32.1. The number of nitrogens with one attached hydrogen (secondary N) is 1. The Morgan fingerprint density at radius 3 is 2.55 bits per heavy atom. The van der Waals surface area contributed by atoms with Crippen LogP contribution in [0.2, 0.25) is 0 Å². The number of benzene rings is 2. The van der Waals surface area contributed by atoms with Gasteiger partial charge >= 0.3 is 11.9 Å². The van der Waals surface area contributed by atoms with Crippen molar-refractivity contribution in [1.82, 2.24) is 4.90 Å². The van der Waals surface area contributed by atoms with Gasteiger partial charge in [-0.2, -0.15) is 12.6 Å². The van der Waals surface area contributed by atoms with Gasteiger partial charge < -0.3 is 15.2 Å². The number of esters is 1. The van der Waals surface area contributed by atoms with E-state index < -0.39 is 22.9 Å². The quantitative estimate of drug-likeness (QED) is 0.256. The lowest BCUT2D eigenvalue weighted by atomic mass is 10.1. The van der Waals surface area contributed by atoms with Gasteiger partial charge in [-0.25, -0.2) is 9.59 Å². The van der Waals surface area contributed by atoms with Gasteiger partial charge in [-0.1, -0.05) is 6.07 Å². The zero-order chi connectivity index (χ0) is 22.5. The van der Waals surface area contributed by atoms with E-state index in [1.165, 1.54) is 42.5 Å². The second kappa shape index (κ2) is 9.58. The number of carboxylic acids is 1. The second-order valence-electron chi connectivity index (χ2n) is 6.92. The molecule has 2 aromatic rings. The zero-order valence-electron chi connectivity index (χ0n) is 16.1. The van der Waals surface area contributed by atoms with Crippen LogP contribution in [0.1, 0.15) is 27.1 Å². The summed E-state index contributed by atoms with van der Waals surface area (Å²) in [5.41, 5.74) is 0.400. The number of likely N-dealkylation sites (tertiary alicyclic amines) is 1. The molecular formula is C20H19N3O7S. The Morgan fingerprint density at radius 1 is 1.19 bits per heavy atom. The summed E-state index contributed by atoms with van der Waals surface area (Å²) >= 11 is 4.42. The Hall–Kier alpha value is -3.44. The third-order valence-corrected chi connectivity index (χ3v) is 5.11. The Morgan fingerprint density at radius 2 is 1.90 bits per heavy atom. The minimum absolute atomic E-state index is 0.0465. The molecule has 2 atom stereocenters. The molecule has 0 saturated carbocycles. The minimum atomic E-state index is -1.10. The van der Waals surface area contributed by atoms with Crippen LogP contribution in [0.4, 0.5) is 11.4 Å². The molecule has 1 heterocycles. The standard InChI is InChI=1S/C20H19N3O7S/c24-18(21-14-3-1-2-13(8-14)19(25)26)17-9-16(31)10-22(17)11-30-20(27)12-4-6-15(7-5-12)23(28)29/h1-8,16-17,31H,9-11H2,(H,21,24)(H,25,26)/t16-,17-/m0/s1. The van der Waals surface area contributed by atoms with E-state index in [9.17, 15) is 24.5 Å². The van der Waals surface area contributed by atoms with Gasteiger partial charge in [-0.15, -0.1) is 0 Å². The van der Waals surface area contributed by atoms with Crippen LogP contribution in [0, 0.1) is 10.1 Å². The number of aromatic carboxylic acids is 1. The Labute approximate surface area is 182 Å². The van der Waals surface area contributed by atoms with Gasteiger partial charge in [0.25, 0.3) is 5.69 Å². The lowest BCUT2D eigenvalue weighted by molar-refractivity contribution is -0.384. The van der Waals surface area contributed by atoms with Crippen molar-refractivity contribution in [3.63, 3.8) is 0 Å². The summed E-state index contributed by atoms with van der Waals surface area (Å²) in [7, 11) is 0. The first-order valence-corrected chi connectivity index (χ1v) is 9.74. The smallest absolute Gasteiger partial charge is 0.339 e. The number of non-ortho nitro benzene ring substituents is 1. The molecule has 0 radical (unpaired) electrons. The fourth-order valence-corrected chi connectivity index (χ4v) is 3.60. The van der Waals surface area contributed by atoms with E-state index >= 15 is 0 Å². The summed E-state index contributed by atoms with van der Waals surface area (Å²) in [5.74, 6) is -2.15. The molecule has 1 aliphatic rings. The van der Waals surface area contributed by atoms with Crippen molar-refractivity contribution in [3.05, 3.63) is 69.8 Å². The maximum Gasteiger partial charge on any atom is 0.339 e. The first-order valence-electron chi connectivity index (χ1n) is 9.22. The molecular weight excluding hydrogens is 426 g/mol. The molecule has 0 unspecified atom stereocenters. The van der Waals surface area contributed by atoms with E-state index in [1.54, 1.807) is 11.0 Å². The number of nitrogens with zero attached hydrogens (tertiary/aromatic N) is 2. The number of amides is 1. The number of hydrogen-bond donors (Lipinski definition) is 3. The number of thiol groups is 1. The number of ether oxygens (including phenoxy) is 1. The Balaban J connectivity index is 1.62. The average molecular weight is 445 g/mol. The average Bonchev–Trinajstić information content (AvgIpc) is 3.13. The highest BCUT2D eigenvalue weighted by Crippen LogP contribution is 2.24. The molecule has 0 aromatic heterocycles. The molecule has 0 aliphatic carbocycles. The van der Waals surface area contributed by atoms with Crippen LogP contribution >= 0.6 is 12.6 Å². The van der Waals surface area contributed by atoms with Crippen molar-refractivity contribution in [2.24, 2.45) is 0 Å². The van der Waals surface area contributed by atoms with Crippen LogP contribution in [-0.2, 0) is 9.53 Å². The number of nitro groups is 1. The third-order valence-electron chi connectivity index (χ3n) is 4.74. The molecule has 0 bridgehead atoms. The Kier molecular flexibility index (Phi) is 6.88. The molecule has 31 heavy (non-hydrogen) atoms. The molecule has 2 N–H and O–H groups in total. The van der Waals surface area contributed by atoms with Crippen molar-refractivity contribution in [3.8, 4) is 0 Å². The normalized spacial score (nSPS) is 18.4. The molecule has 1 aliphatic heterocycles. The molecule has 1 saturated heterocycles. The van der Waals surface area contributed by atoms with Gasteiger partial charge in [-0.05, 0) is 36.8 Å². The number of hydrogen-bond acceptors (Lipinski definition) is 8. The van der Waals surface area contributed by atoms with Gasteiger partial charge in [0, 0.05) is 29.6 Å². The van der Waals surface area contributed by atoms with Crippen LogP contribution in [-0.4, -0.2) is 57.3 Å². The number of carbonyl (C=O) groups excluding carboxylic acids is 2. The number of carbonyl (C=O) groups is 3. The van der Waals surface area contributed by atoms with Gasteiger partial charge in [0.15, 0.2) is 0 Å². The van der Waals surface area contributed by atoms with E-state index in [2.05, 4.69) is 17.9 Å². The maximum atomic E-state index is 12.7. The van der Waals surface area contributed by atoms with E-state index in [0.29, 0.717) is 18.7 Å². The summed E-state index contributed by atoms with van der Waals surface area (Å²) in [6.45, 7) is 0.240. The van der Waals surface area contributed by atoms with Crippen molar-refractivity contribution >= 4 is 41.8 Å². The van der Waals surface area contributed by atoms with Crippen LogP contribution in [0.25, 0.3) is 0 Å². The lowest BCUT2D eigenvalue weighted by Crippen LogP contribution is -2.41. The molecule has 1 fully saturated rings. The SMILES string of the molecule is O=C(O)c1cccc(NC(=O)[C@@H]2C[C@H](S)CN2COC(=O)c2ccc([N+](=O)[O-])cc2)c1. The monoisotopic (exact) mass is 445 g/mol. The minimum Gasteiger partial charge on any atom is -0.478 e. The van der Waals surface area contributed by atoms with Gasteiger partial charge in [-0.3, -0.25) is 19.8 Å². The third kappa shape index (κ3) is 5.58. The summed E-state index contributed by atoms with van der Waals surface area (Å²) in [4.78, 5) is 47.8.